The van der Waals surface area contributed by atoms with E-state index < -0.39 is 46.7 Å². The Morgan fingerprint density at radius 1 is 0.843 bits per heavy atom. The summed E-state index contributed by atoms with van der Waals surface area (Å²) < 4.78 is 35.0. The summed E-state index contributed by atoms with van der Waals surface area (Å²) in [7, 11) is -1.06. The first-order chi connectivity index (χ1) is 24.4. The van der Waals surface area contributed by atoms with Crippen molar-refractivity contribution in [2.75, 3.05) is 25.7 Å². The molecule has 1 heterocycles. The second kappa shape index (κ2) is 17.2. The molecule has 5 rings (SSSR count). The van der Waals surface area contributed by atoms with E-state index in [0.717, 1.165) is 19.8 Å². The van der Waals surface area contributed by atoms with Crippen LogP contribution in [0.25, 0.3) is 10.8 Å². The number of fused-ring (bicyclic) bond motifs is 2. The van der Waals surface area contributed by atoms with Crippen LogP contribution >= 0.6 is 0 Å². The molecule has 4 aromatic rings. The zero-order chi connectivity index (χ0) is 37.1. The minimum Gasteiger partial charge on any atom is -0.469 e. The highest BCUT2D eigenvalue weighted by molar-refractivity contribution is 7.59. The largest absolute Gasteiger partial charge is 0.469 e. The summed E-state index contributed by atoms with van der Waals surface area (Å²) in [6.45, 7) is 0.460. The lowest BCUT2D eigenvalue weighted by atomic mass is 9.89. The van der Waals surface area contributed by atoms with Crippen LogP contribution in [-0.2, 0) is 52.0 Å². The standard InChI is InChI=1S/C27H31N5O8S.C10H8/c1-39-23(34)15-27(26(30)36,16-24(35)40-2)32(41(37)38)20-10-11-21-19(14-20)4-3-13-31(21)22(33)12-7-17-5-8-18(9-6-17)25(28)29;1-2-6-10-8-4-3-7-9(10)5-1/h5-6,8-11,14H,3-4,7,12-13,15-16H2,1-2H3,(H4-,28,29,30,36);1-8H/p+1. The number of hydrogen-bond acceptors (Lipinski definition) is 9. The Morgan fingerprint density at radius 2 is 1.39 bits per heavy atom. The number of methoxy groups -OCH3 is 2. The van der Waals surface area contributed by atoms with Crippen LogP contribution in [0.5, 0.6) is 0 Å². The number of benzene rings is 4. The minimum atomic E-state index is -3.16. The smallest absolute Gasteiger partial charge is 0.466 e. The number of ether oxygens (including phenoxy) is 2. The van der Waals surface area contributed by atoms with Gasteiger partial charge in [0.05, 0.1) is 14.2 Å². The van der Waals surface area contributed by atoms with E-state index >= 15 is 0 Å². The predicted molar refractivity (Wildman–Crippen MR) is 191 cm³/mol. The van der Waals surface area contributed by atoms with E-state index in [9.17, 15) is 27.6 Å². The number of nitrogens with two attached hydrogens (primary N) is 2. The van der Waals surface area contributed by atoms with Gasteiger partial charge in [0, 0.05) is 36.3 Å². The predicted octanol–water partition coefficient (Wildman–Crippen LogP) is 3.78. The fourth-order valence-corrected chi connectivity index (χ4v) is 6.71. The van der Waals surface area contributed by atoms with Gasteiger partial charge in [0.2, 0.25) is 11.6 Å². The Balaban J connectivity index is 0.000000493. The number of amidine groups is 1. The van der Waals surface area contributed by atoms with Gasteiger partial charge in [-0.1, -0.05) is 76.7 Å². The summed E-state index contributed by atoms with van der Waals surface area (Å²) in [6.07, 6.45) is 0.109. The van der Waals surface area contributed by atoms with Crippen molar-refractivity contribution in [3.8, 4) is 0 Å². The second-order valence-electron chi connectivity index (χ2n) is 11.8. The maximum atomic E-state index is 13.2. The molecule has 0 saturated heterocycles. The van der Waals surface area contributed by atoms with E-state index in [4.69, 9.17) is 16.9 Å². The van der Waals surface area contributed by atoms with Crippen molar-refractivity contribution in [3.05, 3.63) is 108 Å². The summed E-state index contributed by atoms with van der Waals surface area (Å²) in [6, 6.07) is 28.2. The van der Waals surface area contributed by atoms with E-state index in [1.54, 1.807) is 23.1 Å². The molecule has 0 bridgehead atoms. The molecule has 1 aliphatic rings. The number of amides is 2. The average Bonchev–Trinajstić information content (AvgIpc) is 3.13. The molecule has 0 aromatic heterocycles. The van der Waals surface area contributed by atoms with Gasteiger partial charge in [-0.05, 0) is 47.2 Å². The molecule has 0 spiro atoms. The molecule has 1 aliphatic heterocycles. The molecule has 0 aliphatic carbocycles. The Labute approximate surface area is 297 Å². The third-order valence-corrected chi connectivity index (χ3v) is 9.45. The second-order valence-corrected chi connectivity index (χ2v) is 12.6. The van der Waals surface area contributed by atoms with Crippen molar-refractivity contribution in [2.24, 2.45) is 11.5 Å². The van der Waals surface area contributed by atoms with Gasteiger partial charge in [0.25, 0.3) is 11.4 Å². The number of nitrogens with zero attached hydrogens (tertiary/aromatic N) is 2. The van der Waals surface area contributed by atoms with Crippen LogP contribution in [0.2, 0.25) is 0 Å². The molecule has 0 atom stereocenters. The first-order valence-corrected chi connectivity index (χ1v) is 17.1. The van der Waals surface area contributed by atoms with Crippen LogP contribution in [0.15, 0.2) is 91.0 Å². The SMILES string of the molecule is COC(=O)CC(CC(=O)OC)(C(N)=O)[N+](c1ccc2c(c1)CCCN2C(=O)CCc1ccc(C(=N)N)cc1)=S(=O)=O.c1ccc2ccccc2c1. The van der Waals surface area contributed by atoms with Crippen molar-refractivity contribution in [2.45, 2.75) is 44.1 Å². The van der Waals surface area contributed by atoms with Crippen LogP contribution in [0.4, 0.5) is 11.4 Å². The summed E-state index contributed by atoms with van der Waals surface area (Å²) in [5, 5.41) is 10.1. The Kier molecular flexibility index (Phi) is 12.8. The molecule has 266 valence electrons. The number of anilines is 1. The van der Waals surface area contributed by atoms with Gasteiger partial charge < -0.3 is 25.8 Å². The number of rotatable bonds is 11. The fraction of sp³-hybridized carbons (Fsp3) is 0.270. The van der Waals surface area contributed by atoms with Gasteiger partial charge in [-0.25, -0.2) is 0 Å². The van der Waals surface area contributed by atoms with Gasteiger partial charge >= 0.3 is 22.4 Å². The Bertz CT molecular complexity index is 2010. The molecule has 0 saturated carbocycles. The lowest BCUT2D eigenvalue weighted by Gasteiger charge is -2.30. The summed E-state index contributed by atoms with van der Waals surface area (Å²) >= 11 is 0. The monoisotopic (exact) mass is 714 g/mol. The number of esters is 2. The minimum absolute atomic E-state index is 0.0245. The number of nitrogens with one attached hydrogen (secondary N) is 1. The molecule has 0 fully saturated rings. The molecule has 51 heavy (non-hydrogen) atoms. The quantitative estimate of drug-likeness (QED) is 0.0894. The van der Waals surface area contributed by atoms with Gasteiger partial charge in [0.1, 0.15) is 18.7 Å². The van der Waals surface area contributed by atoms with Crippen molar-refractivity contribution in [3.63, 3.8) is 0 Å². The highest BCUT2D eigenvalue weighted by Gasteiger charge is 2.55. The van der Waals surface area contributed by atoms with Crippen LogP contribution in [0.1, 0.15) is 42.4 Å². The topological polar surface area (TPSA) is 203 Å². The van der Waals surface area contributed by atoms with Crippen LogP contribution in [0.3, 0.4) is 0 Å². The summed E-state index contributed by atoms with van der Waals surface area (Å²) in [5.41, 5.74) is 11.5. The number of hydrogen-bond donors (Lipinski definition) is 3. The third kappa shape index (κ3) is 9.22. The first-order valence-electron chi connectivity index (χ1n) is 16.0. The molecule has 2 amide bonds. The van der Waals surface area contributed by atoms with E-state index in [2.05, 4.69) is 58.0 Å². The van der Waals surface area contributed by atoms with Crippen molar-refractivity contribution in [1.29, 1.82) is 5.41 Å². The van der Waals surface area contributed by atoms with Crippen LogP contribution < -0.4 is 16.4 Å². The van der Waals surface area contributed by atoms with Crippen molar-refractivity contribution >= 4 is 62.2 Å². The van der Waals surface area contributed by atoms with E-state index in [1.165, 1.54) is 22.9 Å². The third-order valence-electron chi connectivity index (χ3n) is 8.59. The average molecular weight is 715 g/mol. The van der Waals surface area contributed by atoms with E-state index in [-0.39, 0.29) is 23.9 Å². The zero-order valence-corrected chi connectivity index (χ0v) is 29.1. The van der Waals surface area contributed by atoms with Gasteiger partial charge in [0.15, 0.2) is 0 Å². The van der Waals surface area contributed by atoms with E-state index in [1.807, 2.05) is 12.1 Å². The molecule has 0 radical (unpaired) electrons. The maximum Gasteiger partial charge on any atom is 0.466 e. The molecule has 0 unspecified atom stereocenters. The van der Waals surface area contributed by atoms with Gasteiger partial charge in [-0.2, -0.15) is 0 Å². The Morgan fingerprint density at radius 3 is 1.86 bits per heavy atom. The van der Waals surface area contributed by atoms with Gasteiger partial charge in [-0.15, -0.1) is 8.42 Å². The number of nitrogen functional groups attached to an aromatic ring is 1. The molecule has 5 N–H and O–H groups in total. The van der Waals surface area contributed by atoms with Gasteiger partial charge in [-0.3, -0.25) is 24.6 Å². The van der Waals surface area contributed by atoms with E-state index in [0.29, 0.717) is 46.6 Å². The summed E-state index contributed by atoms with van der Waals surface area (Å²) in [5.74, 6) is -3.35. The van der Waals surface area contributed by atoms with Crippen LogP contribution in [-0.4, -0.2) is 68.3 Å². The highest BCUT2D eigenvalue weighted by atomic mass is 32.2. The number of aryl methyl sites for hydroxylation is 2. The molecule has 13 nitrogen and oxygen atoms in total. The highest BCUT2D eigenvalue weighted by Crippen LogP contribution is 2.35. The molecular formula is C37H40N5O8S+. The first kappa shape index (κ1) is 37.9. The molecular weight excluding hydrogens is 675 g/mol. The van der Waals surface area contributed by atoms with Crippen molar-refractivity contribution in [1.82, 2.24) is 0 Å². The number of carbonyl (C=O) groups is 4. The Hall–Kier alpha value is -5.89. The molecule has 14 heteroatoms. The molecule has 4 aromatic carbocycles. The van der Waals surface area contributed by atoms with Crippen LogP contribution in [0, 0.1) is 5.41 Å². The zero-order valence-electron chi connectivity index (χ0n) is 28.3. The fourth-order valence-electron chi connectivity index (χ4n) is 5.92. The normalized spacial score (nSPS) is 12.1. The lowest BCUT2D eigenvalue weighted by molar-refractivity contribution is -0.493. The number of carbonyl (C=O) groups excluding carboxylic acids is 4. The summed E-state index contributed by atoms with van der Waals surface area (Å²) in [4.78, 5) is 52.1. The maximum absolute atomic E-state index is 13.2. The number of primary amides is 1. The van der Waals surface area contributed by atoms with Crippen molar-refractivity contribution < 1.29 is 41.0 Å². The lowest BCUT2D eigenvalue weighted by Crippen LogP contribution is -2.54.